The molecule has 0 saturated carbocycles. The minimum absolute atomic E-state index is 0.474. The second-order valence-electron chi connectivity index (χ2n) is 3.60. The molecule has 0 saturated heterocycles. The van der Waals surface area contributed by atoms with Crippen LogP contribution in [0.5, 0.6) is 0 Å². The van der Waals surface area contributed by atoms with Crippen molar-refractivity contribution in [2.75, 3.05) is 0 Å². The minimum Gasteiger partial charge on any atom is -0.326 e. The van der Waals surface area contributed by atoms with Crippen molar-refractivity contribution in [3.8, 4) is 0 Å². The molecule has 0 atom stereocenters. The monoisotopic (exact) mass is 361 g/mol. The molecule has 0 amide bonds. The largest absolute Gasteiger partial charge is 0.326 e. The average molecular weight is 363 g/mol. The highest BCUT2D eigenvalue weighted by atomic mass is 79.9. The van der Waals surface area contributed by atoms with Gasteiger partial charge in [-0.05, 0) is 35.9 Å². The van der Waals surface area contributed by atoms with Gasteiger partial charge in [-0.2, -0.15) is 0 Å². The number of nitrogens with two attached hydrogens (primary N) is 1. The number of halogens is 3. The second kappa shape index (κ2) is 6.31. The van der Waals surface area contributed by atoms with E-state index < -0.39 is 0 Å². The Morgan fingerprint density at radius 1 is 1.11 bits per heavy atom. The zero-order valence-corrected chi connectivity index (χ0v) is 13.2. The third kappa shape index (κ3) is 3.22. The molecule has 2 N–H and O–H groups in total. The van der Waals surface area contributed by atoms with Crippen LogP contribution in [-0.4, -0.2) is 0 Å². The van der Waals surface area contributed by atoms with E-state index >= 15 is 0 Å². The molecule has 5 heteroatoms. The van der Waals surface area contributed by atoms with E-state index in [1.165, 1.54) is 0 Å². The predicted octanol–water partition coefficient (Wildman–Crippen LogP) is 5.37. The predicted molar refractivity (Wildman–Crippen MR) is 82.6 cm³/mol. The van der Waals surface area contributed by atoms with E-state index in [2.05, 4.69) is 15.9 Å². The summed E-state index contributed by atoms with van der Waals surface area (Å²) in [5.41, 5.74) is 6.84. The Bertz CT molecular complexity index is 575. The molecular weight excluding hydrogens is 353 g/mol. The molecule has 0 aliphatic carbocycles. The third-order valence-electron chi connectivity index (χ3n) is 2.39. The third-order valence-corrected chi connectivity index (χ3v) is 4.97. The Balaban J connectivity index is 2.40. The Kier molecular flexibility index (Phi) is 4.98. The van der Waals surface area contributed by atoms with Crippen molar-refractivity contribution in [1.29, 1.82) is 0 Å². The van der Waals surface area contributed by atoms with Crippen LogP contribution in [0, 0.1) is 0 Å². The molecule has 0 heterocycles. The molecule has 0 fully saturated rings. The van der Waals surface area contributed by atoms with Gasteiger partial charge < -0.3 is 5.73 Å². The first-order chi connectivity index (χ1) is 8.61. The molecular formula is C13H10BrCl2NS. The maximum Gasteiger partial charge on any atom is 0.0546 e. The lowest BCUT2D eigenvalue weighted by Gasteiger charge is -2.10. The van der Waals surface area contributed by atoms with Crippen molar-refractivity contribution >= 4 is 50.9 Å². The van der Waals surface area contributed by atoms with Gasteiger partial charge in [0.2, 0.25) is 0 Å². The van der Waals surface area contributed by atoms with E-state index in [4.69, 9.17) is 28.9 Å². The Morgan fingerprint density at radius 3 is 2.61 bits per heavy atom. The summed E-state index contributed by atoms with van der Waals surface area (Å²) < 4.78 is 1.01. The van der Waals surface area contributed by atoms with Gasteiger partial charge in [-0.1, -0.05) is 57.0 Å². The highest BCUT2D eigenvalue weighted by molar-refractivity contribution is 9.10. The average Bonchev–Trinajstić information content (AvgIpc) is 2.34. The van der Waals surface area contributed by atoms with Crippen LogP contribution in [0.2, 0.25) is 10.0 Å². The SMILES string of the molecule is NCc1c(Br)cccc1Sc1cc(Cl)ccc1Cl. The van der Waals surface area contributed by atoms with Crippen LogP contribution < -0.4 is 5.73 Å². The highest BCUT2D eigenvalue weighted by Crippen LogP contribution is 2.38. The van der Waals surface area contributed by atoms with Gasteiger partial charge in [0.1, 0.15) is 0 Å². The van der Waals surface area contributed by atoms with Gasteiger partial charge in [0.15, 0.2) is 0 Å². The summed E-state index contributed by atoms with van der Waals surface area (Å²) in [6, 6.07) is 11.4. The zero-order valence-electron chi connectivity index (χ0n) is 9.29. The summed E-state index contributed by atoms with van der Waals surface area (Å²) in [6.45, 7) is 0.474. The van der Waals surface area contributed by atoms with E-state index in [0.29, 0.717) is 16.6 Å². The van der Waals surface area contributed by atoms with Gasteiger partial charge in [-0.15, -0.1) is 0 Å². The fraction of sp³-hybridized carbons (Fsp3) is 0.0769. The number of benzene rings is 2. The van der Waals surface area contributed by atoms with Crippen molar-refractivity contribution < 1.29 is 0 Å². The van der Waals surface area contributed by atoms with Crippen molar-refractivity contribution in [1.82, 2.24) is 0 Å². The van der Waals surface area contributed by atoms with Gasteiger partial charge in [-0.3, -0.25) is 0 Å². The fourth-order valence-electron chi connectivity index (χ4n) is 1.51. The lowest BCUT2D eigenvalue weighted by atomic mass is 10.2. The summed E-state index contributed by atoms with van der Waals surface area (Å²) in [6.07, 6.45) is 0. The van der Waals surface area contributed by atoms with E-state index in [9.17, 15) is 0 Å². The molecule has 2 rings (SSSR count). The van der Waals surface area contributed by atoms with Crippen LogP contribution >= 0.6 is 50.9 Å². The van der Waals surface area contributed by atoms with Gasteiger partial charge in [0.05, 0.1) is 5.02 Å². The lowest BCUT2D eigenvalue weighted by Crippen LogP contribution is -1.99. The van der Waals surface area contributed by atoms with Crippen molar-refractivity contribution in [3.63, 3.8) is 0 Å². The van der Waals surface area contributed by atoms with Crippen LogP contribution in [0.1, 0.15) is 5.56 Å². The summed E-state index contributed by atoms with van der Waals surface area (Å²) >= 11 is 17.2. The van der Waals surface area contributed by atoms with Crippen LogP contribution in [0.25, 0.3) is 0 Å². The Morgan fingerprint density at radius 2 is 1.89 bits per heavy atom. The normalized spacial score (nSPS) is 10.7. The second-order valence-corrected chi connectivity index (χ2v) is 6.38. The van der Waals surface area contributed by atoms with Crippen LogP contribution in [0.4, 0.5) is 0 Å². The summed E-state index contributed by atoms with van der Waals surface area (Å²) in [7, 11) is 0. The first-order valence-electron chi connectivity index (χ1n) is 5.22. The molecule has 0 bridgehead atoms. The van der Waals surface area contributed by atoms with E-state index in [0.717, 1.165) is 19.8 Å². The highest BCUT2D eigenvalue weighted by Gasteiger charge is 2.09. The Labute approximate surface area is 129 Å². The van der Waals surface area contributed by atoms with Crippen LogP contribution in [-0.2, 0) is 6.54 Å². The molecule has 0 spiro atoms. The Hall–Kier alpha value is -0.190. The first-order valence-corrected chi connectivity index (χ1v) is 7.58. The molecule has 94 valence electrons. The van der Waals surface area contributed by atoms with E-state index in [1.807, 2.05) is 24.3 Å². The number of rotatable bonds is 3. The zero-order chi connectivity index (χ0) is 13.1. The minimum atomic E-state index is 0.474. The van der Waals surface area contributed by atoms with Crippen molar-refractivity contribution in [3.05, 3.63) is 56.5 Å². The topological polar surface area (TPSA) is 26.0 Å². The lowest BCUT2D eigenvalue weighted by molar-refractivity contribution is 1.02. The molecule has 18 heavy (non-hydrogen) atoms. The molecule has 0 aliphatic rings. The summed E-state index contributed by atoms with van der Waals surface area (Å²) in [5, 5.41) is 1.36. The van der Waals surface area contributed by atoms with E-state index in [-0.39, 0.29) is 0 Å². The maximum atomic E-state index is 6.16. The van der Waals surface area contributed by atoms with Crippen LogP contribution in [0.3, 0.4) is 0 Å². The molecule has 0 unspecified atom stereocenters. The number of hydrogen-bond donors (Lipinski definition) is 1. The van der Waals surface area contributed by atoms with Gasteiger partial charge in [0.25, 0.3) is 0 Å². The molecule has 0 aromatic heterocycles. The van der Waals surface area contributed by atoms with Gasteiger partial charge in [-0.25, -0.2) is 0 Å². The standard InChI is InChI=1S/C13H10BrCl2NS/c14-10-2-1-3-12(9(10)7-17)18-13-6-8(15)4-5-11(13)16/h1-6H,7,17H2. The quantitative estimate of drug-likeness (QED) is 0.794. The van der Waals surface area contributed by atoms with Crippen LogP contribution in [0.15, 0.2) is 50.7 Å². The molecule has 2 aromatic carbocycles. The molecule has 0 radical (unpaired) electrons. The van der Waals surface area contributed by atoms with Crippen molar-refractivity contribution in [2.24, 2.45) is 5.73 Å². The smallest absolute Gasteiger partial charge is 0.0546 e. The maximum absolute atomic E-state index is 6.16. The summed E-state index contributed by atoms with van der Waals surface area (Å²) in [5.74, 6) is 0. The number of hydrogen-bond acceptors (Lipinski definition) is 2. The van der Waals surface area contributed by atoms with Gasteiger partial charge >= 0.3 is 0 Å². The molecule has 1 nitrogen and oxygen atoms in total. The summed E-state index contributed by atoms with van der Waals surface area (Å²) in [4.78, 5) is 2.01. The van der Waals surface area contributed by atoms with E-state index in [1.54, 1.807) is 23.9 Å². The van der Waals surface area contributed by atoms with Crippen molar-refractivity contribution in [2.45, 2.75) is 16.3 Å². The fourth-order valence-corrected chi connectivity index (χ4v) is 3.69. The first kappa shape index (κ1) is 14.2. The molecule has 0 aliphatic heterocycles. The van der Waals surface area contributed by atoms with Gasteiger partial charge in [0, 0.05) is 25.8 Å². The molecule has 2 aromatic rings.